The molecule has 0 radical (unpaired) electrons. The maximum atomic E-state index is 10.9. The Balaban J connectivity index is 0.000000184. The van der Waals surface area contributed by atoms with Gasteiger partial charge in [0.15, 0.2) is 0 Å². The first-order chi connectivity index (χ1) is 29.5. The molecule has 2 atom stereocenters. The second kappa shape index (κ2) is 23.8. The van der Waals surface area contributed by atoms with Crippen LogP contribution in [0.5, 0.6) is 34.5 Å². The molecule has 10 N–H and O–H groups in total. The maximum Gasteiger partial charge on any atom is 0.115 e. The van der Waals surface area contributed by atoms with E-state index in [4.69, 9.17) is 20.4 Å². The van der Waals surface area contributed by atoms with E-state index in [1.807, 2.05) is 48.5 Å². The zero-order valence-corrected chi connectivity index (χ0v) is 37.0. The molecule has 1 fully saturated rings. The first-order valence-electron chi connectivity index (χ1n) is 21.3. The van der Waals surface area contributed by atoms with Gasteiger partial charge >= 0.3 is 0 Å². The standard InChI is InChI=1S/C16H36N4.3C12H10O2/c1-13-11-15(3,4)19-10-8-18-14(2)12-16(5,6)20-9-7-17-13;3*13-11-5-1-9(2-6-11)10-3-7-12(14)8-4-10/h13-14,17-20H,7-12H2,1-6H3;3*1-8,13-14H/t13-,14+;;;. The third-order valence-corrected chi connectivity index (χ3v) is 10.5. The largest absolute Gasteiger partial charge is 0.872 e. The van der Waals surface area contributed by atoms with E-state index in [0.717, 1.165) is 46.5 Å². The number of hydrogen-bond acceptors (Lipinski definition) is 8. The van der Waals surface area contributed by atoms with Crippen LogP contribution < -0.4 is 31.5 Å². The molecule has 62 heavy (non-hydrogen) atoms. The van der Waals surface area contributed by atoms with Crippen LogP contribution in [-0.4, -0.2) is 69.8 Å². The number of hydrogen-bond donors (Lipinski definition) is 8. The molecule has 10 nitrogen and oxygen atoms in total. The topological polar surface area (TPSA) is 184 Å². The zero-order chi connectivity index (χ0) is 45.1. The van der Waals surface area contributed by atoms with Crippen LogP contribution in [0, 0.1) is 0 Å². The third kappa shape index (κ3) is 17.9. The quantitative estimate of drug-likeness (QED) is 0.100. The van der Waals surface area contributed by atoms with Gasteiger partial charge in [0.05, 0.1) is 25.2 Å². The summed E-state index contributed by atoms with van der Waals surface area (Å²) in [5.74, 6) is 1.02. The fourth-order valence-electron chi connectivity index (χ4n) is 7.39. The van der Waals surface area contributed by atoms with Crippen LogP contribution in [0.15, 0.2) is 146 Å². The molecule has 1 heterocycles. The van der Waals surface area contributed by atoms with Gasteiger partial charge in [-0.3, -0.25) is 0 Å². The molecule has 1 aliphatic rings. The summed E-state index contributed by atoms with van der Waals surface area (Å²) in [5, 5.41) is 70.5. The van der Waals surface area contributed by atoms with E-state index in [2.05, 4.69) is 62.8 Å². The Bertz CT molecular complexity index is 1790. The molecule has 1 aliphatic heterocycles. The van der Waals surface area contributed by atoms with E-state index < -0.39 is 0 Å². The van der Waals surface area contributed by atoms with Crippen LogP contribution in [0.1, 0.15) is 54.4 Å². The summed E-state index contributed by atoms with van der Waals surface area (Å²) in [6.07, 6.45) is 2.43. The van der Waals surface area contributed by atoms with Crippen LogP contribution in [0.25, 0.3) is 33.4 Å². The molecular formula is C52H66N4O6. The van der Waals surface area contributed by atoms with Crippen molar-refractivity contribution >= 4 is 0 Å². The van der Waals surface area contributed by atoms with Crippen molar-refractivity contribution in [3.05, 3.63) is 146 Å². The summed E-state index contributed by atoms with van der Waals surface area (Å²) in [6, 6.07) is 42.2. The van der Waals surface area contributed by atoms with Gasteiger partial charge in [-0.15, -0.1) is 11.5 Å². The van der Waals surface area contributed by atoms with Crippen LogP contribution >= 0.6 is 0 Å². The van der Waals surface area contributed by atoms with Gasteiger partial charge < -0.3 is 51.9 Å². The number of nitrogens with two attached hydrogens (primary N) is 2. The SMILES string of the molecule is C[C@@H]1CC(C)(C)NCC[NH2+][C@@H](C)CC(C)(C)NCC[NH2+]1.Oc1ccc(-c2ccc(O)cc2)cc1.[O-]c1ccc(-c2ccc(O)cc2)cc1.[O-]c1ccc(-c2ccc(O)cc2)cc1. The van der Waals surface area contributed by atoms with Crippen molar-refractivity contribution in [1.82, 2.24) is 10.6 Å². The van der Waals surface area contributed by atoms with Crippen molar-refractivity contribution in [2.24, 2.45) is 0 Å². The van der Waals surface area contributed by atoms with Crippen LogP contribution in [-0.2, 0) is 0 Å². The lowest BCUT2D eigenvalue weighted by Crippen LogP contribution is -2.92. The monoisotopic (exact) mass is 842 g/mol. The van der Waals surface area contributed by atoms with Gasteiger partial charge in [0.25, 0.3) is 0 Å². The van der Waals surface area contributed by atoms with E-state index in [1.165, 1.54) is 50.2 Å². The van der Waals surface area contributed by atoms with E-state index >= 15 is 0 Å². The number of phenolic OH excluding ortho intramolecular Hbond substituents is 4. The Morgan fingerprint density at radius 2 is 0.613 bits per heavy atom. The molecule has 6 aromatic carbocycles. The van der Waals surface area contributed by atoms with Gasteiger partial charge in [0, 0.05) is 37.0 Å². The Kier molecular flexibility index (Phi) is 18.7. The highest BCUT2D eigenvalue weighted by molar-refractivity contribution is 5.66. The Morgan fingerprint density at radius 1 is 0.403 bits per heavy atom. The van der Waals surface area contributed by atoms with Crippen molar-refractivity contribution in [1.29, 1.82) is 0 Å². The predicted molar refractivity (Wildman–Crippen MR) is 247 cm³/mol. The van der Waals surface area contributed by atoms with Crippen molar-refractivity contribution in [2.45, 2.75) is 77.5 Å². The van der Waals surface area contributed by atoms with Crippen molar-refractivity contribution < 1.29 is 41.3 Å². The minimum absolute atomic E-state index is 0.00697. The summed E-state index contributed by atoms with van der Waals surface area (Å²) in [6.45, 7) is 18.5. The van der Waals surface area contributed by atoms with Crippen LogP contribution in [0.4, 0.5) is 0 Å². The first-order valence-corrected chi connectivity index (χ1v) is 21.3. The Morgan fingerprint density at radius 3 is 0.839 bits per heavy atom. The van der Waals surface area contributed by atoms with Gasteiger partial charge in [-0.05, 0) is 123 Å². The molecular weight excluding hydrogens is 777 g/mol. The summed E-state index contributed by atoms with van der Waals surface area (Å²) in [7, 11) is 0. The lowest BCUT2D eigenvalue weighted by Gasteiger charge is -2.31. The lowest BCUT2D eigenvalue weighted by molar-refractivity contribution is -0.689. The van der Waals surface area contributed by atoms with Crippen molar-refractivity contribution in [3.63, 3.8) is 0 Å². The van der Waals surface area contributed by atoms with Gasteiger partial charge in [0.1, 0.15) is 23.0 Å². The van der Waals surface area contributed by atoms with Crippen molar-refractivity contribution in [3.8, 4) is 67.9 Å². The molecule has 0 bridgehead atoms. The molecule has 0 spiro atoms. The number of aromatic hydroxyl groups is 4. The summed E-state index contributed by atoms with van der Waals surface area (Å²) >= 11 is 0. The lowest BCUT2D eigenvalue weighted by atomic mass is 9.94. The Labute approximate surface area is 368 Å². The molecule has 7 rings (SSSR count). The van der Waals surface area contributed by atoms with E-state index in [1.54, 1.807) is 72.8 Å². The number of benzene rings is 6. The summed E-state index contributed by atoms with van der Waals surface area (Å²) in [4.78, 5) is 0. The van der Waals surface area contributed by atoms with Gasteiger partial charge in [0.2, 0.25) is 0 Å². The third-order valence-electron chi connectivity index (χ3n) is 10.5. The Hall–Kier alpha value is -6.04. The number of rotatable bonds is 3. The molecule has 1 saturated heterocycles. The number of phenols is 4. The van der Waals surface area contributed by atoms with Crippen LogP contribution in [0.3, 0.4) is 0 Å². The fourth-order valence-corrected chi connectivity index (χ4v) is 7.39. The smallest absolute Gasteiger partial charge is 0.115 e. The molecule has 10 heteroatoms. The van der Waals surface area contributed by atoms with Gasteiger partial charge in [-0.1, -0.05) is 97.1 Å². The molecule has 0 aromatic heterocycles. The first kappa shape index (κ1) is 48.6. The van der Waals surface area contributed by atoms with E-state index in [0.29, 0.717) is 12.1 Å². The molecule has 0 saturated carbocycles. The number of nitrogens with one attached hydrogen (secondary N) is 2. The van der Waals surface area contributed by atoms with Crippen LogP contribution in [0.2, 0.25) is 0 Å². The molecule has 0 amide bonds. The normalized spacial score (nSPS) is 17.5. The number of quaternary nitrogens is 2. The molecule has 6 aromatic rings. The molecule has 330 valence electrons. The average Bonchev–Trinajstić information content (AvgIpc) is 3.23. The summed E-state index contributed by atoms with van der Waals surface area (Å²) < 4.78 is 0. The van der Waals surface area contributed by atoms with Gasteiger partial charge in [-0.2, -0.15) is 0 Å². The minimum Gasteiger partial charge on any atom is -0.872 e. The van der Waals surface area contributed by atoms with E-state index in [-0.39, 0.29) is 45.6 Å². The average molecular weight is 843 g/mol. The highest BCUT2D eigenvalue weighted by Gasteiger charge is 2.25. The summed E-state index contributed by atoms with van der Waals surface area (Å²) in [5.41, 5.74) is 6.44. The zero-order valence-electron chi connectivity index (χ0n) is 37.0. The molecule has 0 aliphatic carbocycles. The maximum absolute atomic E-state index is 10.9. The minimum atomic E-state index is 0.00697. The second-order valence-corrected chi connectivity index (χ2v) is 17.3. The predicted octanol–water partition coefficient (Wildman–Crippen LogP) is 6.45. The highest BCUT2D eigenvalue weighted by Crippen LogP contribution is 2.25. The fraction of sp³-hybridized carbons (Fsp3) is 0.308. The highest BCUT2D eigenvalue weighted by atomic mass is 16.3. The van der Waals surface area contributed by atoms with Gasteiger partial charge in [-0.25, -0.2) is 0 Å². The second-order valence-electron chi connectivity index (χ2n) is 17.3. The molecule has 0 unspecified atom stereocenters. The van der Waals surface area contributed by atoms with Crippen molar-refractivity contribution in [2.75, 3.05) is 26.2 Å². The van der Waals surface area contributed by atoms with E-state index in [9.17, 15) is 10.2 Å².